The molecule has 0 aliphatic heterocycles. The maximum Gasteiger partial charge on any atom is 0.337 e. The average molecular weight is 338 g/mol. The Morgan fingerprint density at radius 1 is 1.30 bits per heavy atom. The number of aromatic carboxylic acids is 1. The average Bonchev–Trinajstić information content (AvgIpc) is 2.89. The number of hydrogen-bond acceptors (Lipinski definition) is 3. The molecule has 0 aliphatic carbocycles. The van der Waals surface area contributed by atoms with Gasteiger partial charge in [0, 0.05) is 10.9 Å². The Morgan fingerprint density at radius 2 is 2.05 bits per heavy atom. The molecule has 0 saturated carbocycles. The van der Waals surface area contributed by atoms with E-state index in [9.17, 15) is 9.59 Å². The summed E-state index contributed by atoms with van der Waals surface area (Å²) in [4.78, 5) is 23.1. The monoisotopic (exact) mass is 337 g/mol. The zero-order chi connectivity index (χ0) is 14.7. The number of carbonyl (C=O) groups is 2. The number of hydrogen-bond donors (Lipinski definition) is 2. The first-order valence-electron chi connectivity index (χ1n) is 5.94. The minimum absolute atomic E-state index is 0.00926. The number of rotatable bonds is 4. The fourth-order valence-electron chi connectivity index (χ4n) is 1.68. The van der Waals surface area contributed by atoms with Crippen molar-refractivity contribution in [3.63, 3.8) is 0 Å². The first-order chi connectivity index (χ1) is 9.51. The highest BCUT2D eigenvalue weighted by atomic mass is 79.9. The molecule has 0 bridgehead atoms. The number of aryl methyl sites for hydroxylation is 1. The fraction of sp³-hybridized carbons (Fsp3) is 0.143. The van der Waals surface area contributed by atoms with Crippen LogP contribution < -0.4 is 5.32 Å². The second-order valence-corrected chi connectivity index (χ2v) is 4.98. The van der Waals surface area contributed by atoms with E-state index in [0.29, 0.717) is 16.7 Å². The third-order valence-corrected chi connectivity index (χ3v) is 3.19. The molecular formula is C14H12BrNO4. The SMILES string of the molecule is CCc1ccc(C(=O)Nc2ccc(Br)cc2C(=O)O)o1. The molecule has 2 N–H and O–H groups in total. The van der Waals surface area contributed by atoms with Crippen LogP contribution in [0.2, 0.25) is 0 Å². The van der Waals surface area contributed by atoms with Gasteiger partial charge in [-0.25, -0.2) is 4.79 Å². The molecule has 1 aromatic carbocycles. The van der Waals surface area contributed by atoms with Crippen LogP contribution in [-0.4, -0.2) is 17.0 Å². The third kappa shape index (κ3) is 3.08. The molecule has 0 radical (unpaired) electrons. The molecule has 2 rings (SSSR count). The van der Waals surface area contributed by atoms with Gasteiger partial charge < -0.3 is 14.8 Å². The maximum absolute atomic E-state index is 12.0. The molecule has 0 unspecified atom stereocenters. The molecular weight excluding hydrogens is 326 g/mol. The summed E-state index contributed by atoms with van der Waals surface area (Å²) in [6, 6.07) is 7.89. The molecule has 104 valence electrons. The molecule has 20 heavy (non-hydrogen) atoms. The summed E-state index contributed by atoms with van der Waals surface area (Å²) in [5.74, 6) is -0.740. The maximum atomic E-state index is 12.0. The Hall–Kier alpha value is -2.08. The Labute approximate surface area is 123 Å². The van der Waals surface area contributed by atoms with E-state index in [4.69, 9.17) is 9.52 Å². The topological polar surface area (TPSA) is 79.5 Å². The molecule has 5 nitrogen and oxygen atoms in total. The van der Waals surface area contributed by atoms with Crippen molar-refractivity contribution in [1.29, 1.82) is 0 Å². The minimum Gasteiger partial charge on any atom is -0.478 e. The number of nitrogens with one attached hydrogen (secondary N) is 1. The molecule has 1 heterocycles. The smallest absolute Gasteiger partial charge is 0.337 e. The predicted molar refractivity (Wildman–Crippen MR) is 77.1 cm³/mol. The van der Waals surface area contributed by atoms with Crippen LogP contribution in [0.15, 0.2) is 39.2 Å². The van der Waals surface area contributed by atoms with Crippen LogP contribution in [0.5, 0.6) is 0 Å². The Bertz CT molecular complexity index is 663. The van der Waals surface area contributed by atoms with Crippen molar-refractivity contribution in [2.24, 2.45) is 0 Å². The van der Waals surface area contributed by atoms with Crippen molar-refractivity contribution in [2.75, 3.05) is 5.32 Å². The van der Waals surface area contributed by atoms with Crippen LogP contribution in [0.4, 0.5) is 5.69 Å². The normalized spacial score (nSPS) is 10.3. The number of benzene rings is 1. The van der Waals surface area contributed by atoms with Gasteiger partial charge in [-0.05, 0) is 30.3 Å². The first-order valence-corrected chi connectivity index (χ1v) is 6.73. The zero-order valence-corrected chi connectivity index (χ0v) is 12.2. The summed E-state index contributed by atoms with van der Waals surface area (Å²) in [7, 11) is 0. The highest BCUT2D eigenvalue weighted by Gasteiger charge is 2.16. The standard InChI is InChI=1S/C14H12BrNO4/c1-2-9-4-6-12(20-9)13(17)16-11-5-3-8(15)7-10(11)14(18)19/h3-7H,2H2,1H3,(H,16,17)(H,18,19). The Kier molecular flexibility index (Phi) is 4.24. The van der Waals surface area contributed by atoms with Gasteiger partial charge in [-0.2, -0.15) is 0 Å². The van der Waals surface area contributed by atoms with Gasteiger partial charge in [0.05, 0.1) is 11.3 Å². The van der Waals surface area contributed by atoms with Crippen molar-refractivity contribution in [3.05, 3.63) is 51.9 Å². The van der Waals surface area contributed by atoms with E-state index < -0.39 is 11.9 Å². The summed E-state index contributed by atoms with van der Waals surface area (Å²) < 4.78 is 5.95. The van der Waals surface area contributed by atoms with Crippen molar-refractivity contribution in [1.82, 2.24) is 0 Å². The molecule has 0 fully saturated rings. The minimum atomic E-state index is -1.12. The molecule has 0 spiro atoms. The highest BCUT2D eigenvalue weighted by Crippen LogP contribution is 2.22. The number of furan rings is 1. The van der Waals surface area contributed by atoms with E-state index in [1.54, 1.807) is 18.2 Å². The van der Waals surface area contributed by atoms with Gasteiger partial charge >= 0.3 is 5.97 Å². The van der Waals surface area contributed by atoms with Crippen LogP contribution in [0, 0.1) is 0 Å². The largest absolute Gasteiger partial charge is 0.478 e. The number of halogens is 1. The van der Waals surface area contributed by atoms with E-state index in [2.05, 4.69) is 21.2 Å². The van der Waals surface area contributed by atoms with Gasteiger partial charge in [0.2, 0.25) is 0 Å². The predicted octanol–water partition coefficient (Wildman–Crippen LogP) is 3.56. The van der Waals surface area contributed by atoms with Crippen molar-refractivity contribution in [3.8, 4) is 0 Å². The summed E-state index contributed by atoms with van der Waals surface area (Å²) in [6.07, 6.45) is 0.686. The quantitative estimate of drug-likeness (QED) is 0.893. The number of carboxylic acids is 1. The highest BCUT2D eigenvalue weighted by molar-refractivity contribution is 9.10. The van der Waals surface area contributed by atoms with E-state index in [1.807, 2.05) is 6.92 Å². The second-order valence-electron chi connectivity index (χ2n) is 4.07. The van der Waals surface area contributed by atoms with Crippen LogP contribution >= 0.6 is 15.9 Å². The lowest BCUT2D eigenvalue weighted by atomic mass is 10.2. The van der Waals surface area contributed by atoms with E-state index >= 15 is 0 Å². The summed E-state index contributed by atoms with van der Waals surface area (Å²) in [5.41, 5.74) is 0.232. The van der Waals surface area contributed by atoms with Crippen LogP contribution in [0.25, 0.3) is 0 Å². The lowest BCUT2D eigenvalue weighted by Gasteiger charge is -2.07. The summed E-state index contributed by atoms with van der Waals surface area (Å²) in [5, 5.41) is 11.7. The van der Waals surface area contributed by atoms with Crippen molar-refractivity contribution >= 4 is 33.5 Å². The number of carboxylic acid groups (broad SMARTS) is 1. The molecule has 0 aliphatic rings. The van der Waals surface area contributed by atoms with Crippen molar-refractivity contribution in [2.45, 2.75) is 13.3 Å². The van der Waals surface area contributed by atoms with Crippen LogP contribution in [0.3, 0.4) is 0 Å². The molecule has 0 atom stereocenters. The Balaban J connectivity index is 2.25. The molecule has 1 amide bonds. The van der Waals surface area contributed by atoms with Crippen LogP contribution in [-0.2, 0) is 6.42 Å². The third-order valence-electron chi connectivity index (χ3n) is 2.69. The number of anilines is 1. The zero-order valence-electron chi connectivity index (χ0n) is 10.6. The molecule has 0 saturated heterocycles. The lowest BCUT2D eigenvalue weighted by molar-refractivity contribution is 0.0698. The van der Waals surface area contributed by atoms with E-state index in [1.165, 1.54) is 12.1 Å². The molecule has 2 aromatic rings. The lowest BCUT2D eigenvalue weighted by Crippen LogP contribution is -2.14. The van der Waals surface area contributed by atoms with Gasteiger partial charge in [0.15, 0.2) is 5.76 Å². The van der Waals surface area contributed by atoms with Gasteiger partial charge in [0.1, 0.15) is 5.76 Å². The van der Waals surface area contributed by atoms with Gasteiger partial charge in [-0.1, -0.05) is 22.9 Å². The van der Waals surface area contributed by atoms with Gasteiger partial charge in [-0.15, -0.1) is 0 Å². The van der Waals surface area contributed by atoms with E-state index in [-0.39, 0.29) is 17.0 Å². The summed E-state index contributed by atoms with van der Waals surface area (Å²) >= 11 is 3.19. The van der Waals surface area contributed by atoms with Crippen molar-refractivity contribution < 1.29 is 19.1 Å². The van der Waals surface area contributed by atoms with Gasteiger partial charge in [0.25, 0.3) is 5.91 Å². The van der Waals surface area contributed by atoms with E-state index in [0.717, 1.165) is 0 Å². The molecule has 1 aromatic heterocycles. The number of amides is 1. The Morgan fingerprint density at radius 3 is 2.65 bits per heavy atom. The van der Waals surface area contributed by atoms with Crippen LogP contribution in [0.1, 0.15) is 33.6 Å². The first kappa shape index (κ1) is 14.3. The van der Waals surface area contributed by atoms with Gasteiger partial charge in [-0.3, -0.25) is 4.79 Å². The number of carbonyl (C=O) groups excluding carboxylic acids is 1. The summed E-state index contributed by atoms with van der Waals surface area (Å²) in [6.45, 7) is 1.91. The fourth-order valence-corrected chi connectivity index (χ4v) is 2.04. The molecule has 6 heteroatoms. The second kappa shape index (κ2) is 5.92.